The van der Waals surface area contributed by atoms with Gasteiger partial charge in [0.2, 0.25) is 5.91 Å². The topological polar surface area (TPSA) is 54.7 Å². The third-order valence-electron chi connectivity index (χ3n) is 5.91. The van der Waals surface area contributed by atoms with Gasteiger partial charge in [0.25, 0.3) is 0 Å². The Morgan fingerprint density at radius 3 is 2.79 bits per heavy atom. The molecule has 1 aromatic heterocycles. The third kappa shape index (κ3) is 4.36. The summed E-state index contributed by atoms with van der Waals surface area (Å²) in [6.45, 7) is 4.62. The van der Waals surface area contributed by atoms with Crippen molar-refractivity contribution in [1.29, 1.82) is 0 Å². The molecule has 0 saturated carbocycles. The van der Waals surface area contributed by atoms with Crippen molar-refractivity contribution in [2.24, 2.45) is 0 Å². The summed E-state index contributed by atoms with van der Waals surface area (Å²) < 4.78 is 11.0. The van der Waals surface area contributed by atoms with Crippen LogP contribution in [-0.4, -0.2) is 43.7 Å². The van der Waals surface area contributed by atoms with Crippen LogP contribution in [0, 0.1) is 0 Å². The molecule has 5 heteroatoms. The number of nitrogens with zero attached hydrogens (tertiary/aromatic N) is 1. The second-order valence-corrected chi connectivity index (χ2v) is 7.78. The number of furan rings is 1. The fraction of sp³-hybridized carbons (Fsp3) is 0.375. The molecule has 0 spiro atoms. The molecule has 3 aromatic rings. The van der Waals surface area contributed by atoms with Gasteiger partial charge >= 0.3 is 0 Å². The molecule has 2 heterocycles. The van der Waals surface area contributed by atoms with Gasteiger partial charge in [0, 0.05) is 32.1 Å². The third-order valence-corrected chi connectivity index (χ3v) is 5.91. The summed E-state index contributed by atoms with van der Waals surface area (Å²) in [5.41, 5.74) is 2.92. The molecule has 1 aliphatic heterocycles. The van der Waals surface area contributed by atoms with Crippen LogP contribution in [-0.2, 0) is 9.53 Å². The first-order valence-electron chi connectivity index (χ1n) is 10.2. The number of carbonyl (C=O) groups excluding carboxylic acids is 1. The van der Waals surface area contributed by atoms with Crippen LogP contribution < -0.4 is 5.32 Å². The van der Waals surface area contributed by atoms with Gasteiger partial charge in [-0.05, 0) is 36.6 Å². The minimum Gasteiger partial charge on any atom is -0.464 e. The predicted molar refractivity (Wildman–Crippen MR) is 114 cm³/mol. The van der Waals surface area contributed by atoms with E-state index in [4.69, 9.17) is 9.15 Å². The van der Waals surface area contributed by atoms with E-state index in [1.807, 2.05) is 49.4 Å². The Morgan fingerprint density at radius 2 is 2.03 bits per heavy atom. The predicted octanol–water partition coefficient (Wildman–Crippen LogP) is 4.11. The summed E-state index contributed by atoms with van der Waals surface area (Å²) in [5, 5.41) is 4.29. The summed E-state index contributed by atoms with van der Waals surface area (Å²) in [4.78, 5) is 15.6. The molecule has 0 bridgehead atoms. The normalized spacial score (nSPS) is 19.3. The van der Waals surface area contributed by atoms with E-state index in [1.54, 1.807) is 13.4 Å². The van der Waals surface area contributed by atoms with Gasteiger partial charge in [-0.2, -0.15) is 0 Å². The standard InChI is InChI=1S/C24H28N2O3/c1-17(20-9-6-10-23-21(20)12-14-29-23)24(27)25-22(18-7-4-3-5-8-18)16-26-13-11-19(15-26)28-2/h3-10,12,14,17,19,22H,11,13,15-16H2,1-2H3,(H,25,27). The van der Waals surface area contributed by atoms with Crippen molar-refractivity contribution in [3.63, 3.8) is 0 Å². The minimum atomic E-state index is -0.271. The van der Waals surface area contributed by atoms with Gasteiger partial charge in [-0.3, -0.25) is 9.69 Å². The molecule has 1 aliphatic rings. The maximum atomic E-state index is 13.2. The summed E-state index contributed by atoms with van der Waals surface area (Å²) >= 11 is 0. The number of carbonyl (C=O) groups is 1. The number of fused-ring (bicyclic) bond motifs is 1. The molecule has 4 rings (SSSR count). The van der Waals surface area contributed by atoms with E-state index in [9.17, 15) is 4.79 Å². The van der Waals surface area contributed by atoms with E-state index in [0.717, 1.165) is 48.2 Å². The van der Waals surface area contributed by atoms with Gasteiger partial charge in [-0.25, -0.2) is 0 Å². The van der Waals surface area contributed by atoms with Crippen molar-refractivity contribution in [3.05, 3.63) is 72.0 Å². The summed E-state index contributed by atoms with van der Waals surface area (Å²) in [5.74, 6) is -0.247. The Labute approximate surface area is 171 Å². The maximum Gasteiger partial charge on any atom is 0.227 e. The highest BCUT2D eigenvalue weighted by molar-refractivity contribution is 5.90. The van der Waals surface area contributed by atoms with Crippen molar-refractivity contribution in [3.8, 4) is 0 Å². The highest BCUT2D eigenvalue weighted by atomic mass is 16.5. The van der Waals surface area contributed by atoms with Crippen LogP contribution in [0.3, 0.4) is 0 Å². The van der Waals surface area contributed by atoms with Crippen molar-refractivity contribution in [2.45, 2.75) is 31.4 Å². The number of ether oxygens (including phenoxy) is 1. The average Bonchev–Trinajstić information content (AvgIpc) is 3.42. The summed E-state index contributed by atoms with van der Waals surface area (Å²) in [6, 6.07) is 17.9. The molecule has 29 heavy (non-hydrogen) atoms. The molecule has 5 nitrogen and oxygen atoms in total. The number of methoxy groups -OCH3 is 1. The zero-order valence-corrected chi connectivity index (χ0v) is 17.0. The number of rotatable bonds is 7. The van der Waals surface area contributed by atoms with Gasteiger partial charge in [-0.15, -0.1) is 0 Å². The Bertz CT molecular complexity index is 953. The minimum absolute atomic E-state index is 0.0232. The molecule has 1 saturated heterocycles. The van der Waals surface area contributed by atoms with Crippen molar-refractivity contribution in [1.82, 2.24) is 10.2 Å². The Balaban J connectivity index is 1.52. The number of nitrogens with one attached hydrogen (secondary N) is 1. The van der Waals surface area contributed by atoms with Gasteiger partial charge in [0.1, 0.15) is 5.58 Å². The molecule has 152 valence electrons. The highest BCUT2D eigenvalue weighted by Gasteiger charge is 2.27. The van der Waals surface area contributed by atoms with E-state index in [2.05, 4.69) is 22.3 Å². The van der Waals surface area contributed by atoms with Gasteiger partial charge < -0.3 is 14.5 Å². The van der Waals surface area contributed by atoms with Crippen LogP contribution in [0.25, 0.3) is 11.0 Å². The van der Waals surface area contributed by atoms with Gasteiger partial charge in [0.05, 0.1) is 24.3 Å². The Hall–Kier alpha value is -2.63. The number of benzene rings is 2. The highest BCUT2D eigenvalue weighted by Crippen LogP contribution is 2.28. The second-order valence-electron chi connectivity index (χ2n) is 7.78. The van der Waals surface area contributed by atoms with E-state index >= 15 is 0 Å². The molecule has 1 fully saturated rings. The van der Waals surface area contributed by atoms with Crippen molar-refractivity contribution >= 4 is 16.9 Å². The molecule has 1 amide bonds. The van der Waals surface area contributed by atoms with Crippen LogP contribution in [0.2, 0.25) is 0 Å². The molecule has 3 unspecified atom stereocenters. The monoisotopic (exact) mass is 392 g/mol. The zero-order chi connectivity index (χ0) is 20.2. The van der Waals surface area contributed by atoms with Crippen LogP contribution >= 0.6 is 0 Å². The largest absolute Gasteiger partial charge is 0.464 e. The molecule has 1 N–H and O–H groups in total. The Morgan fingerprint density at radius 1 is 1.21 bits per heavy atom. The zero-order valence-electron chi connectivity index (χ0n) is 17.0. The molecule has 0 radical (unpaired) electrons. The lowest BCUT2D eigenvalue weighted by Crippen LogP contribution is -2.39. The van der Waals surface area contributed by atoms with E-state index in [1.165, 1.54) is 0 Å². The number of hydrogen-bond acceptors (Lipinski definition) is 4. The van der Waals surface area contributed by atoms with Gasteiger partial charge in [0.15, 0.2) is 0 Å². The molecule has 0 aliphatic carbocycles. The first kappa shape index (κ1) is 19.7. The van der Waals surface area contributed by atoms with E-state index in [0.29, 0.717) is 0 Å². The lowest BCUT2D eigenvalue weighted by molar-refractivity contribution is -0.123. The van der Waals surface area contributed by atoms with E-state index in [-0.39, 0.29) is 24.0 Å². The molecular formula is C24H28N2O3. The fourth-order valence-electron chi connectivity index (χ4n) is 4.17. The van der Waals surface area contributed by atoms with Crippen molar-refractivity contribution < 1.29 is 13.9 Å². The van der Waals surface area contributed by atoms with Gasteiger partial charge in [-0.1, -0.05) is 42.5 Å². The lowest BCUT2D eigenvalue weighted by Gasteiger charge is -2.26. The Kier molecular flexibility index (Phi) is 5.97. The van der Waals surface area contributed by atoms with Crippen LogP contribution in [0.5, 0.6) is 0 Å². The molecule has 2 aromatic carbocycles. The number of hydrogen-bond donors (Lipinski definition) is 1. The SMILES string of the molecule is COC1CCN(CC(NC(=O)C(C)c2cccc3occc23)c2ccccc2)C1. The number of likely N-dealkylation sites (tertiary alicyclic amines) is 1. The first-order valence-corrected chi connectivity index (χ1v) is 10.2. The maximum absolute atomic E-state index is 13.2. The fourth-order valence-corrected chi connectivity index (χ4v) is 4.17. The number of amides is 1. The summed E-state index contributed by atoms with van der Waals surface area (Å²) in [7, 11) is 1.77. The quantitative estimate of drug-likeness (QED) is 0.657. The second kappa shape index (κ2) is 8.80. The van der Waals surface area contributed by atoms with Crippen molar-refractivity contribution in [2.75, 3.05) is 26.7 Å². The lowest BCUT2D eigenvalue weighted by atomic mass is 9.96. The van der Waals surface area contributed by atoms with Crippen LogP contribution in [0.1, 0.15) is 36.4 Å². The van der Waals surface area contributed by atoms with Crippen LogP contribution in [0.4, 0.5) is 0 Å². The molecule has 3 atom stereocenters. The average molecular weight is 392 g/mol. The van der Waals surface area contributed by atoms with E-state index < -0.39 is 0 Å². The smallest absolute Gasteiger partial charge is 0.227 e. The van der Waals surface area contributed by atoms with Crippen LogP contribution in [0.15, 0.2) is 65.3 Å². The summed E-state index contributed by atoms with van der Waals surface area (Å²) in [6.07, 6.45) is 2.98. The first-order chi connectivity index (χ1) is 14.2. The molecular weight excluding hydrogens is 364 g/mol.